The highest BCUT2D eigenvalue weighted by atomic mass is 16.6. The van der Waals surface area contributed by atoms with Crippen molar-refractivity contribution in [1.29, 1.82) is 0 Å². The van der Waals surface area contributed by atoms with Crippen molar-refractivity contribution in [3.63, 3.8) is 0 Å². The molecule has 0 unspecified atom stereocenters. The van der Waals surface area contributed by atoms with E-state index in [1.807, 2.05) is 84.0 Å². The average molecular weight is 506 g/mol. The molecule has 1 aliphatic carbocycles. The highest BCUT2D eigenvalue weighted by Gasteiger charge is 2.24. The van der Waals surface area contributed by atoms with Crippen LogP contribution in [0.2, 0.25) is 0 Å². The van der Waals surface area contributed by atoms with Crippen molar-refractivity contribution >= 4 is 11.6 Å². The lowest BCUT2D eigenvalue weighted by atomic mass is 9.85. The number of hydrogen-bond acceptors (Lipinski definition) is 5. The van der Waals surface area contributed by atoms with Crippen LogP contribution in [0.1, 0.15) is 73.9 Å². The summed E-state index contributed by atoms with van der Waals surface area (Å²) in [6.07, 6.45) is 1.24. The Morgan fingerprint density at radius 1 is 0.892 bits per heavy atom. The number of allylic oxidation sites excluding steroid dienone is 3. The molecule has 1 amide bonds. The van der Waals surface area contributed by atoms with Crippen molar-refractivity contribution in [3.05, 3.63) is 76.5 Å². The standard InChI is InChI=1S/C25H25N3O3.3C2H6/c1-17-15-19(22(16-18(17)2)24(28-30-4)25(29)26-3)13-14-20-9-8-12-23(27-20)31-21-10-6-5-7-11-21;3*1-2/h5-12H,15-16H2,1-4H3,(H,26,29);3*1-2H3/b28-24+;;;. The Kier molecular flexibility index (Phi) is 17.3. The average Bonchev–Trinajstić information content (AvgIpc) is 2.96. The fourth-order valence-electron chi connectivity index (χ4n) is 3.13. The minimum absolute atomic E-state index is 0.246. The molecule has 200 valence electrons. The maximum Gasteiger partial charge on any atom is 0.273 e. The fraction of sp³-hybridized carbons (Fsp3) is 0.387. The van der Waals surface area contributed by atoms with Crippen molar-refractivity contribution in [2.24, 2.45) is 5.16 Å². The number of nitrogens with zero attached hydrogens (tertiary/aromatic N) is 2. The summed E-state index contributed by atoms with van der Waals surface area (Å²) in [5, 5.41) is 6.59. The number of oxime groups is 1. The van der Waals surface area contributed by atoms with Crippen LogP contribution < -0.4 is 10.1 Å². The predicted molar refractivity (Wildman–Crippen MR) is 155 cm³/mol. The van der Waals surface area contributed by atoms with Crippen LogP contribution in [0.25, 0.3) is 0 Å². The molecule has 1 N–H and O–H groups in total. The Balaban J connectivity index is 0.00000201. The molecule has 0 saturated carbocycles. The Labute approximate surface area is 223 Å². The van der Waals surface area contributed by atoms with Gasteiger partial charge in [0.05, 0.1) is 0 Å². The zero-order chi connectivity index (χ0) is 28.2. The smallest absolute Gasteiger partial charge is 0.273 e. The van der Waals surface area contributed by atoms with Crippen LogP contribution in [0, 0.1) is 11.8 Å². The van der Waals surface area contributed by atoms with Crippen LogP contribution in [0.15, 0.2) is 76.0 Å². The molecular formula is C31H43N3O3. The van der Waals surface area contributed by atoms with Gasteiger partial charge in [0.15, 0.2) is 5.71 Å². The summed E-state index contributed by atoms with van der Waals surface area (Å²) in [5.74, 6) is 7.19. The number of carbonyl (C=O) groups excluding carboxylic acids is 1. The van der Waals surface area contributed by atoms with Crippen LogP contribution in [0.5, 0.6) is 11.6 Å². The molecule has 1 aromatic heterocycles. The summed E-state index contributed by atoms with van der Waals surface area (Å²) in [5.41, 5.74) is 4.86. The van der Waals surface area contributed by atoms with Gasteiger partial charge < -0.3 is 14.9 Å². The van der Waals surface area contributed by atoms with Crippen LogP contribution in [-0.2, 0) is 9.63 Å². The van der Waals surface area contributed by atoms with E-state index in [9.17, 15) is 4.79 Å². The van der Waals surface area contributed by atoms with Crippen LogP contribution in [0.4, 0.5) is 0 Å². The molecule has 0 aliphatic heterocycles. The quantitative estimate of drug-likeness (QED) is 0.198. The van der Waals surface area contributed by atoms with Gasteiger partial charge in [-0.1, -0.05) is 88.0 Å². The molecule has 2 aromatic rings. The van der Waals surface area contributed by atoms with E-state index in [4.69, 9.17) is 9.57 Å². The van der Waals surface area contributed by atoms with Gasteiger partial charge in [0, 0.05) is 30.7 Å². The molecule has 0 bridgehead atoms. The van der Waals surface area contributed by atoms with Gasteiger partial charge in [0.1, 0.15) is 18.6 Å². The second-order valence-electron chi connectivity index (χ2n) is 7.10. The number of para-hydroxylation sites is 1. The van der Waals surface area contributed by atoms with E-state index in [0.29, 0.717) is 30.2 Å². The zero-order valence-corrected chi connectivity index (χ0v) is 24.2. The van der Waals surface area contributed by atoms with E-state index in [0.717, 1.165) is 11.1 Å². The number of pyridine rings is 1. The fourth-order valence-corrected chi connectivity index (χ4v) is 3.13. The maximum absolute atomic E-state index is 12.4. The topological polar surface area (TPSA) is 72.8 Å². The molecule has 0 saturated heterocycles. The molecule has 0 fully saturated rings. The highest BCUT2D eigenvalue weighted by molar-refractivity contribution is 6.45. The first-order chi connectivity index (χ1) is 18.0. The van der Waals surface area contributed by atoms with Crippen molar-refractivity contribution in [2.45, 2.75) is 68.2 Å². The monoisotopic (exact) mass is 505 g/mol. The molecule has 1 heterocycles. The van der Waals surface area contributed by atoms with Crippen LogP contribution >= 0.6 is 0 Å². The maximum atomic E-state index is 12.4. The molecule has 0 spiro atoms. The van der Waals surface area contributed by atoms with E-state index in [1.165, 1.54) is 18.3 Å². The van der Waals surface area contributed by atoms with Crippen LogP contribution in [0.3, 0.4) is 0 Å². The third kappa shape index (κ3) is 10.7. The van der Waals surface area contributed by atoms with E-state index < -0.39 is 0 Å². The summed E-state index contributed by atoms with van der Waals surface area (Å²) in [6.45, 7) is 16.1. The molecule has 6 heteroatoms. The molecule has 1 aromatic carbocycles. The largest absolute Gasteiger partial charge is 0.439 e. The molecule has 0 radical (unpaired) electrons. The number of rotatable bonds is 5. The van der Waals surface area contributed by atoms with E-state index >= 15 is 0 Å². The molecule has 6 nitrogen and oxygen atoms in total. The van der Waals surface area contributed by atoms with Crippen molar-refractivity contribution in [2.75, 3.05) is 14.2 Å². The first kappa shape index (κ1) is 33.1. The highest BCUT2D eigenvalue weighted by Crippen LogP contribution is 2.30. The summed E-state index contributed by atoms with van der Waals surface area (Å²) >= 11 is 0. The Hall–Kier alpha value is -3.85. The van der Waals surface area contributed by atoms with Gasteiger partial charge in [0.2, 0.25) is 5.88 Å². The van der Waals surface area contributed by atoms with Crippen molar-refractivity contribution in [1.82, 2.24) is 10.3 Å². The lowest BCUT2D eigenvalue weighted by Gasteiger charge is -2.20. The summed E-state index contributed by atoms with van der Waals surface area (Å²) in [4.78, 5) is 21.8. The second-order valence-corrected chi connectivity index (χ2v) is 7.10. The van der Waals surface area contributed by atoms with E-state index in [-0.39, 0.29) is 11.6 Å². The van der Waals surface area contributed by atoms with Crippen molar-refractivity contribution < 1.29 is 14.4 Å². The molecule has 37 heavy (non-hydrogen) atoms. The number of carbonyl (C=O) groups is 1. The van der Waals surface area contributed by atoms with Gasteiger partial charge in [-0.25, -0.2) is 4.98 Å². The van der Waals surface area contributed by atoms with Crippen molar-refractivity contribution in [3.8, 4) is 23.5 Å². The van der Waals surface area contributed by atoms with Gasteiger partial charge in [-0.05, 0) is 44.4 Å². The Morgan fingerprint density at radius 2 is 1.51 bits per heavy atom. The first-order valence-electron chi connectivity index (χ1n) is 12.9. The Morgan fingerprint density at radius 3 is 2.11 bits per heavy atom. The minimum Gasteiger partial charge on any atom is -0.439 e. The summed E-state index contributed by atoms with van der Waals surface area (Å²) < 4.78 is 5.79. The lowest BCUT2D eigenvalue weighted by Crippen LogP contribution is -2.30. The zero-order valence-electron chi connectivity index (χ0n) is 24.2. The van der Waals surface area contributed by atoms with Gasteiger partial charge in [-0.2, -0.15) is 0 Å². The first-order valence-corrected chi connectivity index (χ1v) is 12.9. The normalized spacial score (nSPS) is 12.2. The van der Waals surface area contributed by atoms with Gasteiger partial charge in [-0.3, -0.25) is 4.79 Å². The summed E-state index contributed by atoms with van der Waals surface area (Å²) in [6, 6.07) is 14.9. The predicted octanol–water partition coefficient (Wildman–Crippen LogP) is 7.48. The van der Waals surface area contributed by atoms with Crippen LogP contribution in [-0.4, -0.2) is 30.8 Å². The minimum atomic E-state index is -0.306. The molecule has 0 atom stereocenters. The Bertz CT molecular complexity index is 1120. The van der Waals surface area contributed by atoms with E-state index in [1.54, 1.807) is 13.1 Å². The number of amides is 1. The number of nitrogens with one attached hydrogen (secondary N) is 1. The molecule has 1 aliphatic rings. The number of ether oxygens (including phenoxy) is 1. The lowest BCUT2D eigenvalue weighted by molar-refractivity contribution is -0.114. The van der Waals surface area contributed by atoms with Gasteiger partial charge in [-0.15, -0.1) is 0 Å². The van der Waals surface area contributed by atoms with E-state index in [2.05, 4.69) is 41.1 Å². The second kappa shape index (κ2) is 19.4. The van der Waals surface area contributed by atoms with Gasteiger partial charge in [0.25, 0.3) is 5.91 Å². The number of aromatic nitrogens is 1. The number of hydrogen-bond donors (Lipinski definition) is 1. The van der Waals surface area contributed by atoms with Gasteiger partial charge >= 0.3 is 0 Å². The number of benzene rings is 1. The SMILES string of the molecule is CC.CC.CC.CNC(=O)/C(=N/OC)C1=C(C#Cc2cccc(Oc3ccccc3)n2)CC(C)=C(C)C1. The molecule has 3 rings (SSSR count). The summed E-state index contributed by atoms with van der Waals surface area (Å²) in [7, 11) is 2.99. The molecular weight excluding hydrogens is 462 g/mol. The third-order valence-electron chi connectivity index (χ3n) is 4.92. The third-order valence-corrected chi connectivity index (χ3v) is 4.92.